The Morgan fingerprint density at radius 1 is 0.962 bits per heavy atom. The molecule has 26 heavy (non-hydrogen) atoms. The largest absolute Gasteiger partial charge is 0.415 e. The predicted octanol–water partition coefficient (Wildman–Crippen LogP) is 5.28. The zero-order valence-electron chi connectivity index (χ0n) is 16.1. The molecule has 0 heterocycles. The summed E-state index contributed by atoms with van der Waals surface area (Å²) in [6.07, 6.45) is 2.41. The molecule has 3 atom stereocenters. The normalized spacial score (nSPS) is 15.3. The van der Waals surface area contributed by atoms with Gasteiger partial charge in [-0.05, 0) is 68.6 Å². The van der Waals surface area contributed by atoms with E-state index < -0.39 is 8.32 Å². The standard InChI is InChI=1S/C22H29FO2Si/c1-17(25-26(2,3)4)22(15-19-10-12-21(23)13-11-19)20(16-24)14-18-8-6-5-7-9-18/h5-13,16-17,20,22H,14-15H2,1-4H3/t17?,20-,22-/m1/s1. The van der Waals surface area contributed by atoms with Crippen LogP contribution in [0.1, 0.15) is 18.1 Å². The van der Waals surface area contributed by atoms with E-state index in [0.29, 0.717) is 12.8 Å². The molecule has 0 aliphatic heterocycles. The van der Waals surface area contributed by atoms with Crippen molar-refractivity contribution < 1.29 is 13.6 Å². The fraction of sp³-hybridized carbons (Fsp3) is 0.409. The Kier molecular flexibility index (Phi) is 7.30. The van der Waals surface area contributed by atoms with Crippen molar-refractivity contribution in [1.29, 1.82) is 0 Å². The van der Waals surface area contributed by atoms with Crippen molar-refractivity contribution in [3.8, 4) is 0 Å². The van der Waals surface area contributed by atoms with E-state index in [4.69, 9.17) is 4.43 Å². The third kappa shape index (κ3) is 6.50. The van der Waals surface area contributed by atoms with E-state index in [1.807, 2.05) is 18.2 Å². The Morgan fingerprint density at radius 2 is 1.54 bits per heavy atom. The third-order valence-electron chi connectivity index (χ3n) is 4.57. The lowest BCUT2D eigenvalue weighted by atomic mass is 9.80. The number of carbonyl (C=O) groups excluding carboxylic acids is 1. The minimum atomic E-state index is -1.74. The van der Waals surface area contributed by atoms with Gasteiger partial charge in [0.05, 0.1) is 0 Å². The van der Waals surface area contributed by atoms with Crippen LogP contribution in [0.25, 0.3) is 0 Å². The van der Waals surface area contributed by atoms with E-state index in [-0.39, 0.29) is 23.8 Å². The van der Waals surface area contributed by atoms with Gasteiger partial charge in [0.25, 0.3) is 0 Å². The van der Waals surface area contributed by atoms with Crippen LogP contribution in [0, 0.1) is 17.7 Å². The molecule has 0 N–H and O–H groups in total. The second-order valence-corrected chi connectivity index (χ2v) is 12.4. The summed E-state index contributed by atoms with van der Waals surface area (Å²) in [6, 6.07) is 16.6. The van der Waals surface area contributed by atoms with E-state index in [1.54, 1.807) is 12.1 Å². The van der Waals surface area contributed by atoms with E-state index in [0.717, 1.165) is 17.4 Å². The summed E-state index contributed by atoms with van der Waals surface area (Å²) in [4.78, 5) is 12.0. The van der Waals surface area contributed by atoms with Gasteiger partial charge in [0, 0.05) is 12.0 Å². The first-order valence-corrected chi connectivity index (χ1v) is 12.6. The topological polar surface area (TPSA) is 26.3 Å². The molecule has 0 radical (unpaired) electrons. The van der Waals surface area contributed by atoms with E-state index in [1.165, 1.54) is 12.1 Å². The monoisotopic (exact) mass is 372 g/mol. The van der Waals surface area contributed by atoms with Crippen molar-refractivity contribution in [2.24, 2.45) is 11.8 Å². The Labute approximate surface area is 157 Å². The quantitative estimate of drug-likeness (QED) is 0.442. The molecule has 140 valence electrons. The molecular weight excluding hydrogens is 343 g/mol. The summed E-state index contributed by atoms with van der Waals surface area (Å²) in [7, 11) is -1.74. The number of hydrogen-bond donors (Lipinski definition) is 0. The summed E-state index contributed by atoms with van der Waals surface area (Å²) in [6.45, 7) is 8.54. The van der Waals surface area contributed by atoms with Gasteiger partial charge in [-0.2, -0.15) is 0 Å². The average Bonchev–Trinajstić information content (AvgIpc) is 2.59. The van der Waals surface area contributed by atoms with Crippen LogP contribution in [-0.2, 0) is 22.1 Å². The van der Waals surface area contributed by atoms with Crippen molar-refractivity contribution in [2.45, 2.75) is 45.5 Å². The lowest BCUT2D eigenvalue weighted by Gasteiger charge is -2.33. The first-order chi connectivity index (χ1) is 12.3. The van der Waals surface area contributed by atoms with Crippen molar-refractivity contribution in [3.05, 3.63) is 71.5 Å². The van der Waals surface area contributed by atoms with Crippen molar-refractivity contribution in [3.63, 3.8) is 0 Å². The molecule has 0 spiro atoms. The number of halogens is 1. The van der Waals surface area contributed by atoms with Crippen LogP contribution in [0.15, 0.2) is 54.6 Å². The van der Waals surface area contributed by atoms with Crippen molar-refractivity contribution >= 4 is 14.6 Å². The Morgan fingerprint density at radius 3 is 2.08 bits per heavy atom. The maximum atomic E-state index is 13.2. The maximum Gasteiger partial charge on any atom is 0.184 e. The Hall–Kier alpha value is -1.78. The van der Waals surface area contributed by atoms with Crippen molar-refractivity contribution in [2.75, 3.05) is 0 Å². The molecule has 2 nitrogen and oxygen atoms in total. The number of rotatable bonds is 9. The molecule has 1 unspecified atom stereocenters. The highest BCUT2D eigenvalue weighted by Crippen LogP contribution is 2.27. The highest BCUT2D eigenvalue weighted by Gasteiger charge is 2.31. The summed E-state index contributed by atoms with van der Waals surface area (Å²) >= 11 is 0. The van der Waals surface area contributed by atoms with Crippen LogP contribution in [0.2, 0.25) is 19.6 Å². The minimum absolute atomic E-state index is 0.0365. The lowest BCUT2D eigenvalue weighted by Crippen LogP contribution is -2.39. The molecule has 0 amide bonds. The summed E-state index contributed by atoms with van der Waals surface area (Å²) < 4.78 is 19.6. The second-order valence-electron chi connectivity index (χ2n) is 7.92. The third-order valence-corrected chi connectivity index (χ3v) is 5.64. The number of aldehydes is 1. The van der Waals surface area contributed by atoms with Gasteiger partial charge in [-0.1, -0.05) is 42.5 Å². The summed E-state index contributed by atoms with van der Waals surface area (Å²) in [5, 5.41) is 0. The van der Waals surface area contributed by atoms with Gasteiger partial charge in [-0.15, -0.1) is 0 Å². The van der Waals surface area contributed by atoms with E-state index in [2.05, 4.69) is 38.7 Å². The molecule has 2 aromatic carbocycles. The SMILES string of the molecule is CC(O[Si](C)(C)C)[C@@H](Cc1ccc(F)cc1)[C@@H](C=O)Cc1ccccc1. The zero-order chi connectivity index (χ0) is 19.2. The van der Waals surface area contributed by atoms with Crippen LogP contribution in [0.5, 0.6) is 0 Å². The highest BCUT2D eigenvalue weighted by molar-refractivity contribution is 6.69. The fourth-order valence-corrected chi connectivity index (χ4v) is 4.68. The van der Waals surface area contributed by atoms with Gasteiger partial charge >= 0.3 is 0 Å². The Balaban J connectivity index is 2.24. The number of carbonyl (C=O) groups is 1. The van der Waals surface area contributed by atoms with Crippen LogP contribution in [-0.4, -0.2) is 20.7 Å². The summed E-state index contributed by atoms with van der Waals surface area (Å²) in [5.41, 5.74) is 2.18. The van der Waals surface area contributed by atoms with Gasteiger partial charge in [0.2, 0.25) is 0 Å². The summed E-state index contributed by atoms with van der Waals surface area (Å²) in [5.74, 6) is -0.341. The molecule has 0 fully saturated rings. The van der Waals surface area contributed by atoms with E-state index in [9.17, 15) is 9.18 Å². The van der Waals surface area contributed by atoms with Gasteiger partial charge in [-0.25, -0.2) is 4.39 Å². The Bertz CT molecular complexity index is 680. The highest BCUT2D eigenvalue weighted by atomic mass is 28.4. The molecule has 0 aromatic heterocycles. The number of hydrogen-bond acceptors (Lipinski definition) is 2. The predicted molar refractivity (Wildman–Crippen MR) is 107 cm³/mol. The van der Waals surface area contributed by atoms with E-state index >= 15 is 0 Å². The molecule has 0 aliphatic carbocycles. The first kappa shape index (κ1) is 20.5. The smallest absolute Gasteiger partial charge is 0.184 e. The molecule has 2 aromatic rings. The number of benzene rings is 2. The lowest BCUT2D eigenvalue weighted by molar-refractivity contribution is -0.113. The van der Waals surface area contributed by atoms with Crippen molar-refractivity contribution in [1.82, 2.24) is 0 Å². The first-order valence-electron chi connectivity index (χ1n) is 9.20. The molecule has 0 saturated heterocycles. The molecular formula is C22H29FO2Si. The van der Waals surface area contributed by atoms with Gasteiger partial charge in [0.15, 0.2) is 8.32 Å². The molecule has 0 aliphatic rings. The van der Waals surface area contributed by atoms with Gasteiger partial charge in [-0.3, -0.25) is 0 Å². The molecule has 2 rings (SSSR count). The van der Waals surface area contributed by atoms with Gasteiger partial charge in [0.1, 0.15) is 12.1 Å². The van der Waals surface area contributed by atoms with Crippen LogP contribution in [0.4, 0.5) is 4.39 Å². The van der Waals surface area contributed by atoms with Crippen LogP contribution in [0.3, 0.4) is 0 Å². The maximum absolute atomic E-state index is 13.2. The second kappa shape index (κ2) is 9.24. The molecule has 0 bridgehead atoms. The van der Waals surface area contributed by atoms with Crippen LogP contribution >= 0.6 is 0 Å². The minimum Gasteiger partial charge on any atom is -0.415 e. The molecule has 0 saturated carbocycles. The van der Waals surface area contributed by atoms with Gasteiger partial charge < -0.3 is 9.22 Å². The molecule has 4 heteroatoms. The zero-order valence-corrected chi connectivity index (χ0v) is 17.1. The average molecular weight is 373 g/mol. The fourth-order valence-electron chi connectivity index (χ4n) is 3.39. The van der Waals surface area contributed by atoms with Crippen LogP contribution < -0.4 is 0 Å².